The Morgan fingerprint density at radius 3 is 2.52 bits per heavy atom. The maximum absolute atomic E-state index is 12.5. The zero-order chi connectivity index (χ0) is 14.8. The van der Waals surface area contributed by atoms with Gasteiger partial charge < -0.3 is 10.3 Å². The van der Waals surface area contributed by atoms with Gasteiger partial charge in [0.2, 0.25) is 10.0 Å². The van der Waals surface area contributed by atoms with Gasteiger partial charge in [-0.05, 0) is 26.0 Å². The molecule has 0 aliphatic carbocycles. The molecular weight excluding hydrogens is 314 g/mol. The van der Waals surface area contributed by atoms with E-state index in [-0.39, 0.29) is 23.8 Å². The SMILES string of the molecule is CC(C)(CN)NS(=O)(=O)c1ccccc1-c1ccno1.Cl. The molecule has 0 fully saturated rings. The van der Waals surface area contributed by atoms with Crippen LogP contribution in [0.1, 0.15) is 13.8 Å². The summed E-state index contributed by atoms with van der Waals surface area (Å²) in [6, 6.07) is 8.20. The van der Waals surface area contributed by atoms with Crippen molar-refractivity contribution in [1.82, 2.24) is 9.88 Å². The van der Waals surface area contributed by atoms with Crippen LogP contribution in [0.5, 0.6) is 0 Å². The Kier molecular flexibility index (Phi) is 5.52. The monoisotopic (exact) mass is 331 g/mol. The van der Waals surface area contributed by atoms with Crippen LogP contribution in [0, 0.1) is 0 Å². The second-order valence-electron chi connectivity index (χ2n) is 5.07. The van der Waals surface area contributed by atoms with Gasteiger partial charge in [-0.15, -0.1) is 12.4 Å². The quantitative estimate of drug-likeness (QED) is 0.870. The molecule has 1 aromatic carbocycles. The van der Waals surface area contributed by atoms with Crippen molar-refractivity contribution in [3.8, 4) is 11.3 Å². The average molecular weight is 332 g/mol. The minimum atomic E-state index is -3.70. The molecule has 1 heterocycles. The molecule has 0 unspecified atom stereocenters. The van der Waals surface area contributed by atoms with Crippen LogP contribution in [-0.4, -0.2) is 25.7 Å². The van der Waals surface area contributed by atoms with Crippen LogP contribution in [0.15, 0.2) is 45.9 Å². The molecule has 2 aromatic rings. The molecule has 21 heavy (non-hydrogen) atoms. The van der Waals surface area contributed by atoms with Crippen LogP contribution < -0.4 is 10.5 Å². The number of hydrogen-bond donors (Lipinski definition) is 2. The van der Waals surface area contributed by atoms with Gasteiger partial charge >= 0.3 is 0 Å². The smallest absolute Gasteiger partial charge is 0.241 e. The lowest BCUT2D eigenvalue weighted by Crippen LogP contribution is -2.48. The predicted octanol–water partition coefficient (Wildman–Crippen LogP) is 1.78. The van der Waals surface area contributed by atoms with Crippen molar-refractivity contribution in [1.29, 1.82) is 0 Å². The third-order valence-corrected chi connectivity index (χ3v) is 4.56. The molecular formula is C13H18ClN3O3S. The number of hydrogen-bond acceptors (Lipinski definition) is 5. The van der Waals surface area contributed by atoms with Gasteiger partial charge in [0.25, 0.3) is 0 Å². The largest absolute Gasteiger partial charge is 0.356 e. The zero-order valence-corrected chi connectivity index (χ0v) is 13.4. The van der Waals surface area contributed by atoms with E-state index in [0.717, 1.165) is 0 Å². The summed E-state index contributed by atoms with van der Waals surface area (Å²) in [7, 11) is -3.70. The predicted molar refractivity (Wildman–Crippen MR) is 82.6 cm³/mol. The summed E-state index contributed by atoms with van der Waals surface area (Å²) in [6.07, 6.45) is 1.47. The third-order valence-electron chi connectivity index (χ3n) is 2.80. The highest BCUT2D eigenvalue weighted by atomic mass is 35.5. The van der Waals surface area contributed by atoms with Crippen LogP contribution in [-0.2, 0) is 10.0 Å². The molecule has 6 nitrogen and oxygen atoms in total. The minimum absolute atomic E-state index is 0. The van der Waals surface area contributed by atoms with Gasteiger partial charge in [0.05, 0.1) is 11.1 Å². The Hall–Kier alpha value is -1.41. The van der Waals surface area contributed by atoms with E-state index in [1.54, 1.807) is 38.1 Å². The van der Waals surface area contributed by atoms with E-state index in [2.05, 4.69) is 9.88 Å². The Labute approximate surface area is 130 Å². The second kappa shape index (κ2) is 6.57. The molecule has 0 bridgehead atoms. The highest BCUT2D eigenvalue weighted by Crippen LogP contribution is 2.27. The van der Waals surface area contributed by atoms with E-state index >= 15 is 0 Å². The van der Waals surface area contributed by atoms with Gasteiger partial charge in [-0.25, -0.2) is 13.1 Å². The molecule has 3 N–H and O–H groups in total. The van der Waals surface area contributed by atoms with E-state index in [4.69, 9.17) is 10.3 Å². The molecule has 2 rings (SSSR count). The highest BCUT2D eigenvalue weighted by molar-refractivity contribution is 7.89. The summed E-state index contributed by atoms with van der Waals surface area (Å²) in [5.74, 6) is 0.400. The van der Waals surface area contributed by atoms with Crippen molar-refractivity contribution in [3.05, 3.63) is 36.5 Å². The first-order chi connectivity index (χ1) is 9.36. The molecule has 0 aliphatic rings. The fourth-order valence-electron chi connectivity index (χ4n) is 1.72. The molecule has 8 heteroatoms. The Balaban J connectivity index is 0.00000220. The lowest BCUT2D eigenvalue weighted by atomic mass is 10.1. The van der Waals surface area contributed by atoms with Gasteiger partial charge in [0.1, 0.15) is 0 Å². The summed E-state index contributed by atoms with van der Waals surface area (Å²) in [6.45, 7) is 3.64. The number of nitrogens with two attached hydrogens (primary N) is 1. The number of rotatable bonds is 5. The van der Waals surface area contributed by atoms with Crippen LogP contribution in [0.2, 0.25) is 0 Å². The molecule has 0 aliphatic heterocycles. The highest BCUT2D eigenvalue weighted by Gasteiger charge is 2.27. The molecule has 0 radical (unpaired) electrons. The van der Waals surface area contributed by atoms with Crippen molar-refractivity contribution in [2.24, 2.45) is 5.73 Å². The number of nitrogens with one attached hydrogen (secondary N) is 1. The molecule has 0 saturated heterocycles. The van der Waals surface area contributed by atoms with Crippen molar-refractivity contribution in [3.63, 3.8) is 0 Å². The third kappa shape index (κ3) is 4.04. The van der Waals surface area contributed by atoms with Crippen molar-refractivity contribution < 1.29 is 12.9 Å². The van der Waals surface area contributed by atoms with E-state index in [1.165, 1.54) is 12.3 Å². The number of benzene rings is 1. The van der Waals surface area contributed by atoms with Gasteiger partial charge in [-0.1, -0.05) is 17.3 Å². The summed E-state index contributed by atoms with van der Waals surface area (Å²) in [5.41, 5.74) is 5.30. The molecule has 0 atom stereocenters. The van der Waals surface area contributed by atoms with Gasteiger partial charge in [-0.2, -0.15) is 0 Å². The maximum Gasteiger partial charge on any atom is 0.241 e. The minimum Gasteiger partial charge on any atom is -0.356 e. The fourth-order valence-corrected chi connectivity index (χ4v) is 3.36. The average Bonchev–Trinajstić information content (AvgIpc) is 2.91. The molecule has 1 aromatic heterocycles. The van der Waals surface area contributed by atoms with Gasteiger partial charge in [0, 0.05) is 23.7 Å². The lowest BCUT2D eigenvalue weighted by Gasteiger charge is -2.24. The van der Waals surface area contributed by atoms with Crippen LogP contribution in [0.25, 0.3) is 11.3 Å². The first-order valence-corrected chi connectivity index (χ1v) is 7.58. The zero-order valence-electron chi connectivity index (χ0n) is 11.7. The maximum atomic E-state index is 12.5. The summed E-state index contributed by atoms with van der Waals surface area (Å²) >= 11 is 0. The Morgan fingerprint density at radius 1 is 1.29 bits per heavy atom. The molecule has 116 valence electrons. The van der Waals surface area contributed by atoms with E-state index in [0.29, 0.717) is 11.3 Å². The van der Waals surface area contributed by atoms with E-state index in [1.807, 2.05) is 0 Å². The van der Waals surface area contributed by atoms with Crippen molar-refractivity contribution >= 4 is 22.4 Å². The van der Waals surface area contributed by atoms with Crippen molar-refractivity contribution in [2.75, 3.05) is 6.54 Å². The van der Waals surface area contributed by atoms with Crippen LogP contribution in [0.3, 0.4) is 0 Å². The van der Waals surface area contributed by atoms with Crippen LogP contribution in [0.4, 0.5) is 0 Å². The van der Waals surface area contributed by atoms with Crippen molar-refractivity contribution in [2.45, 2.75) is 24.3 Å². The number of nitrogens with zero attached hydrogens (tertiary/aromatic N) is 1. The van der Waals surface area contributed by atoms with E-state index in [9.17, 15) is 8.42 Å². The fraction of sp³-hybridized carbons (Fsp3) is 0.308. The Bertz CT molecular complexity index is 684. The van der Waals surface area contributed by atoms with E-state index < -0.39 is 15.6 Å². The standard InChI is InChI=1S/C13H17N3O3S.ClH/c1-13(2,9-14)16-20(17,18)12-6-4-3-5-10(12)11-7-8-15-19-11;/h3-8,16H,9,14H2,1-2H3;1H. The molecule has 0 amide bonds. The summed E-state index contributed by atoms with van der Waals surface area (Å²) in [4.78, 5) is 0.137. The van der Waals surface area contributed by atoms with Gasteiger partial charge in [-0.3, -0.25) is 0 Å². The lowest BCUT2D eigenvalue weighted by molar-refractivity contribution is 0.431. The first-order valence-electron chi connectivity index (χ1n) is 6.10. The van der Waals surface area contributed by atoms with Gasteiger partial charge in [0.15, 0.2) is 5.76 Å². The van der Waals surface area contributed by atoms with Crippen LogP contribution >= 0.6 is 12.4 Å². The molecule has 0 saturated carbocycles. The normalized spacial score (nSPS) is 12.0. The summed E-state index contributed by atoms with van der Waals surface area (Å²) in [5, 5.41) is 3.60. The number of aromatic nitrogens is 1. The Morgan fingerprint density at radius 2 is 1.95 bits per heavy atom. The first kappa shape index (κ1) is 17.6. The molecule has 0 spiro atoms. The topological polar surface area (TPSA) is 98.2 Å². The summed E-state index contributed by atoms with van der Waals surface area (Å²) < 4.78 is 32.6. The second-order valence-corrected chi connectivity index (χ2v) is 6.72. The number of sulfonamides is 1. The number of halogens is 1.